The predicted molar refractivity (Wildman–Crippen MR) is 77.3 cm³/mol. The minimum atomic E-state index is -0.712. The Hall–Kier alpha value is -0.580. The fourth-order valence-electron chi connectivity index (χ4n) is 2.25. The van der Waals surface area contributed by atoms with Gasteiger partial charge in [0.2, 0.25) is 0 Å². The number of piperidine rings is 1. The number of rotatable bonds is 2. The van der Waals surface area contributed by atoms with E-state index in [1.165, 1.54) is 6.38 Å². The highest BCUT2D eigenvalue weighted by molar-refractivity contribution is 9.10. The van der Waals surface area contributed by atoms with Gasteiger partial charge in [-0.1, -0.05) is 28.1 Å². The van der Waals surface area contributed by atoms with Crippen molar-refractivity contribution in [2.45, 2.75) is 18.3 Å². The minimum Gasteiger partial charge on any atom is -0.481 e. The first-order valence-corrected chi connectivity index (χ1v) is 7.28. The van der Waals surface area contributed by atoms with E-state index in [9.17, 15) is 9.90 Å². The lowest BCUT2D eigenvalue weighted by Crippen LogP contribution is -2.45. The van der Waals surface area contributed by atoms with Gasteiger partial charge >= 0.3 is 5.97 Å². The van der Waals surface area contributed by atoms with E-state index in [4.69, 9.17) is 0 Å². The maximum atomic E-state index is 11.5. The fraction of sp³-hybridized carbons (Fsp3) is 0.462. The summed E-state index contributed by atoms with van der Waals surface area (Å²) in [6.07, 6.45) is 2.79. The van der Waals surface area contributed by atoms with E-state index in [0.29, 0.717) is 12.8 Å². The largest absolute Gasteiger partial charge is 0.481 e. The molecular weight excluding hydrogens is 318 g/mol. The van der Waals surface area contributed by atoms with E-state index in [0.717, 1.165) is 23.1 Å². The third-order valence-electron chi connectivity index (χ3n) is 3.26. The Labute approximate surface area is 121 Å². The zero-order valence-electron chi connectivity index (χ0n) is 10.2. The van der Waals surface area contributed by atoms with E-state index in [2.05, 4.69) is 32.8 Å². The average Bonchev–Trinajstić information content (AvgIpc) is 2.42. The number of carboxylic acid groups (broad SMARTS) is 1. The van der Waals surface area contributed by atoms with Gasteiger partial charge in [-0.2, -0.15) is 0 Å². The number of aliphatic carboxylic acids is 1. The lowest BCUT2D eigenvalue weighted by molar-refractivity contribution is -0.145. The van der Waals surface area contributed by atoms with Crippen molar-refractivity contribution in [3.05, 3.63) is 34.3 Å². The normalized spacial score (nSPS) is 17.5. The van der Waals surface area contributed by atoms with Gasteiger partial charge in [0.15, 0.2) is 0 Å². The van der Waals surface area contributed by atoms with Crippen LogP contribution in [0.2, 0.25) is 0 Å². The molecule has 0 bridgehead atoms. The van der Waals surface area contributed by atoms with E-state index in [-0.39, 0.29) is 0 Å². The van der Waals surface area contributed by atoms with Crippen LogP contribution < -0.4 is 5.32 Å². The Balaban J connectivity index is 0.000000771. The molecule has 0 amide bonds. The minimum absolute atomic E-state index is 0.657. The molecule has 0 unspecified atom stereocenters. The molecule has 5 heteroatoms. The van der Waals surface area contributed by atoms with Gasteiger partial charge in [-0.15, -0.1) is 11.6 Å². The molecule has 3 nitrogen and oxygen atoms in total. The lowest BCUT2D eigenvalue weighted by atomic mass is 9.73. The Bertz CT molecular complexity index is 388. The van der Waals surface area contributed by atoms with Crippen LogP contribution in [-0.4, -0.2) is 30.5 Å². The Morgan fingerprint density at radius 2 is 1.78 bits per heavy atom. The summed E-state index contributed by atoms with van der Waals surface area (Å²) in [6.45, 7) is 1.53. The van der Waals surface area contributed by atoms with Gasteiger partial charge in [0.1, 0.15) is 0 Å². The molecule has 0 saturated carbocycles. The van der Waals surface area contributed by atoms with Crippen molar-refractivity contribution in [1.82, 2.24) is 5.32 Å². The van der Waals surface area contributed by atoms with Crippen LogP contribution in [0.4, 0.5) is 0 Å². The molecule has 100 valence electrons. The molecule has 2 N–H and O–H groups in total. The van der Waals surface area contributed by atoms with Gasteiger partial charge in [-0.3, -0.25) is 4.79 Å². The molecule has 1 heterocycles. The van der Waals surface area contributed by atoms with Crippen molar-refractivity contribution in [3.8, 4) is 0 Å². The summed E-state index contributed by atoms with van der Waals surface area (Å²) in [5, 5.41) is 12.7. The smallest absolute Gasteiger partial charge is 0.314 e. The molecule has 0 atom stereocenters. The van der Waals surface area contributed by atoms with Crippen LogP contribution in [0.15, 0.2) is 28.7 Å². The van der Waals surface area contributed by atoms with Gasteiger partial charge in [0.25, 0.3) is 0 Å². The van der Waals surface area contributed by atoms with Crippen LogP contribution in [0, 0.1) is 0 Å². The lowest BCUT2D eigenvalue weighted by Gasteiger charge is -2.34. The first-order chi connectivity index (χ1) is 8.65. The van der Waals surface area contributed by atoms with Crippen LogP contribution >= 0.6 is 27.5 Å². The van der Waals surface area contributed by atoms with E-state index in [1.807, 2.05) is 24.3 Å². The highest BCUT2D eigenvalue weighted by atomic mass is 79.9. The van der Waals surface area contributed by atoms with Crippen LogP contribution in [0.1, 0.15) is 18.4 Å². The van der Waals surface area contributed by atoms with Gasteiger partial charge in [-0.05, 0) is 43.6 Å². The van der Waals surface area contributed by atoms with Crippen molar-refractivity contribution in [2.75, 3.05) is 19.5 Å². The summed E-state index contributed by atoms with van der Waals surface area (Å²) < 4.78 is 0.978. The average molecular weight is 335 g/mol. The number of alkyl halides is 1. The zero-order valence-corrected chi connectivity index (χ0v) is 12.6. The highest BCUT2D eigenvalue weighted by Crippen LogP contribution is 2.34. The third-order valence-corrected chi connectivity index (χ3v) is 3.79. The standard InChI is InChI=1S/C12H14BrNO2.CH3Cl/c13-10-3-1-9(2-4-10)12(11(15)16)5-7-14-8-6-12;1-2/h1-4,14H,5-8H2,(H,15,16);1H3. The summed E-state index contributed by atoms with van der Waals surface area (Å²) >= 11 is 8.00. The topological polar surface area (TPSA) is 49.3 Å². The molecule has 0 aromatic heterocycles. The molecule has 1 aromatic rings. The maximum absolute atomic E-state index is 11.5. The Morgan fingerprint density at radius 1 is 1.28 bits per heavy atom. The molecule has 1 aromatic carbocycles. The molecule has 0 aliphatic carbocycles. The summed E-state index contributed by atoms with van der Waals surface area (Å²) in [4.78, 5) is 11.5. The molecule has 1 aliphatic heterocycles. The monoisotopic (exact) mass is 333 g/mol. The second-order valence-electron chi connectivity index (χ2n) is 4.14. The van der Waals surface area contributed by atoms with Crippen LogP contribution in [0.25, 0.3) is 0 Å². The number of nitrogens with one attached hydrogen (secondary N) is 1. The summed E-state index contributed by atoms with van der Waals surface area (Å²) in [7, 11) is 0. The number of carbonyl (C=O) groups is 1. The van der Waals surface area contributed by atoms with Gasteiger partial charge < -0.3 is 10.4 Å². The molecule has 1 fully saturated rings. The van der Waals surface area contributed by atoms with Crippen molar-refractivity contribution in [2.24, 2.45) is 0 Å². The summed E-state index contributed by atoms with van der Waals surface area (Å²) in [6, 6.07) is 7.62. The Kier molecular flexibility index (Phi) is 6.12. The summed E-state index contributed by atoms with van der Waals surface area (Å²) in [5.41, 5.74) is 0.205. The zero-order chi connectivity index (χ0) is 13.6. The highest BCUT2D eigenvalue weighted by Gasteiger charge is 2.41. The quantitative estimate of drug-likeness (QED) is 0.817. The first-order valence-electron chi connectivity index (χ1n) is 5.73. The molecule has 0 radical (unpaired) electrons. The SMILES string of the molecule is CCl.O=C(O)C1(c2ccc(Br)cc2)CCNCC1. The number of hydrogen-bond donors (Lipinski definition) is 2. The first kappa shape index (κ1) is 15.5. The van der Waals surface area contributed by atoms with Gasteiger partial charge in [0.05, 0.1) is 5.41 Å². The number of benzene rings is 1. The van der Waals surface area contributed by atoms with Crippen molar-refractivity contribution < 1.29 is 9.90 Å². The molecule has 1 saturated heterocycles. The maximum Gasteiger partial charge on any atom is 0.314 e. The molecule has 0 spiro atoms. The molecular formula is C13H17BrClNO2. The second-order valence-corrected chi connectivity index (χ2v) is 5.06. The third kappa shape index (κ3) is 3.25. The predicted octanol–water partition coefficient (Wildman–Crippen LogP) is 3.01. The van der Waals surface area contributed by atoms with Crippen molar-refractivity contribution in [1.29, 1.82) is 0 Å². The van der Waals surface area contributed by atoms with Crippen molar-refractivity contribution >= 4 is 33.5 Å². The van der Waals surface area contributed by atoms with Crippen molar-refractivity contribution in [3.63, 3.8) is 0 Å². The van der Waals surface area contributed by atoms with Gasteiger partial charge in [0, 0.05) is 10.9 Å². The molecule has 18 heavy (non-hydrogen) atoms. The van der Waals surface area contributed by atoms with E-state index < -0.39 is 11.4 Å². The number of hydrogen-bond acceptors (Lipinski definition) is 2. The van der Waals surface area contributed by atoms with Crippen LogP contribution in [-0.2, 0) is 10.2 Å². The number of carboxylic acids is 1. The second kappa shape index (κ2) is 7.12. The Morgan fingerprint density at radius 3 is 2.22 bits per heavy atom. The molecule has 1 aliphatic rings. The molecule has 2 rings (SSSR count). The van der Waals surface area contributed by atoms with Crippen LogP contribution in [0.3, 0.4) is 0 Å². The van der Waals surface area contributed by atoms with Gasteiger partial charge in [-0.25, -0.2) is 0 Å². The van der Waals surface area contributed by atoms with Crippen LogP contribution in [0.5, 0.6) is 0 Å². The van der Waals surface area contributed by atoms with E-state index >= 15 is 0 Å². The number of halogens is 2. The summed E-state index contributed by atoms with van der Waals surface area (Å²) in [5.74, 6) is -0.712. The fourth-order valence-corrected chi connectivity index (χ4v) is 2.51. The van der Waals surface area contributed by atoms with E-state index in [1.54, 1.807) is 0 Å².